The summed E-state index contributed by atoms with van der Waals surface area (Å²) in [4.78, 5) is 4.13. The Kier molecular flexibility index (Phi) is 5.05. The summed E-state index contributed by atoms with van der Waals surface area (Å²) in [7, 11) is 3.14. The maximum atomic E-state index is 10.3. The van der Waals surface area contributed by atoms with Gasteiger partial charge in [0, 0.05) is 39.0 Å². The van der Waals surface area contributed by atoms with Crippen LogP contribution in [0.2, 0.25) is 0 Å². The van der Waals surface area contributed by atoms with Crippen LogP contribution in [0.1, 0.15) is 24.6 Å². The highest BCUT2D eigenvalue weighted by molar-refractivity contribution is 5.17. The zero-order valence-electron chi connectivity index (χ0n) is 10.9. The molecule has 96 valence electrons. The summed E-state index contributed by atoms with van der Waals surface area (Å²) in [6, 6.07) is 3.89. The van der Waals surface area contributed by atoms with E-state index in [1.807, 2.05) is 19.1 Å². The van der Waals surface area contributed by atoms with Gasteiger partial charge in [-0.3, -0.25) is 4.98 Å². The Morgan fingerprint density at radius 1 is 1.41 bits per heavy atom. The van der Waals surface area contributed by atoms with Gasteiger partial charge in [-0.25, -0.2) is 0 Å². The van der Waals surface area contributed by atoms with Crippen molar-refractivity contribution in [3.05, 3.63) is 29.6 Å². The largest absolute Gasteiger partial charge is 0.390 e. The Morgan fingerprint density at radius 2 is 2.06 bits per heavy atom. The number of aryl methyl sites for hydroxylation is 1. The SMILES string of the molecule is COC(CC(C)(O)Cc1ccnc(C)c1)OC. The quantitative estimate of drug-likeness (QED) is 0.768. The molecule has 0 radical (unpaired) electrons. The summed E-state index contributed by atoms with van der Waals surface area (Å²) < 4.78 is 10.2. The van der Waals surface area contributed by atoms with Gasteiger partial charge < -0.3 is 14.6 Å². The maximum absolute atomic E-state index is 10.3. The number of rotatable bonds is 6. The number of hydrogen-bond donors (Lipinski definition) is 1. The van der Waals surface area contributed by atoms with E-state index in [4.69, 9.17) is 9.47 Å². The third kappa shape index (κ3) is 4.81. The summed E-state index contributed by atoms with van der Waals surface area (Å²) >= 11 is 0. The van der Waals surface area contributed by atoms with Crippen LogP contribution in [0.15, 0.2) is 18.3 Å². The van der Waals surface area contributed by atoms with Gasteiger partial charge in [-0.1, -0.05) is 0 Å². The summed E-state index contributed by atoms with van der Waals surface area (Å²) in [5.41, 5.74) is 1.16. The van der Waals surface area contributed by atoms with Crippen LogP contribution in [0.4, 0.5) is 0 Å². The molecule has 1 N–H and O–H groups in total. The van der Waals surface area contributed by atoms with Crippen molar-refractivity contribution in [1.29, 1.82) is 0 Å². The van der Waals surface area contributed by atoms with Gasteiger partial charge in [-0.05, 0) is 31.5 Å². The lowest BCUT2D eigenvalue weighted by Crippen LogP contribution is -2.34. The molecule has 0 aromatic carbocycles. The molecule has 1 aromatic heterocycles. The highest BCUT2D eigenvalue weighted by Crippen LogP contribution is 2.20. The molecule has 0 saturated heterocycles. The molecule has 1 unspecified atom stereocenters. The molecule has 0 amide bonds. The average molecular weight is 239 g/mol. The normalized spacial score (nSPS) is 14.9. The van der Waals surface area contributed by atoms with Crippen LogP contribution in [0.25, 0.3) is 0 Å². The van der Waals surface area contributed by atoms with Crippen LogP contribution in [-0.4, -0.2) is 36.2 Å². The molecule has 17 heavy (non-hydrogen) atoms. The molecule has 1 rings (SSSR count). The van der Waals surface area contributed by atoms with Gasteiger partial charge in [0.1, 0.15) is 0 Å². The second kappa shape index (κ2) is 6.10. The van der Waals surface area contributed by atoms with E-state index < -0.39 is 5.60 Å². The Hall–Kier alpha value is -0.970. The van der Waals surface area contributed by atoms with Gasteiger partial charge in [0.05, 0.1) is 5.60 Å². The van der Waals surface area contributed by atoms with Crippen LogP contribution >= 0.6 is 0 Å². The topological polar surface area (TPSA) is 51.6 Å². The van der Waals surface area contributed by atoms with E-state index in [2.05, 4.69) is 4.98 Å². The fourth-order valence-corrected chi connectivity index (χ4v) is 1.85. The lowest BCUT2D eigenvalue weighted by Gasteiger charge is -2.27. The van der Waals surface area contributed by atoms with Crippen molar-refractivity contribution in [2.75, 3.05) is 14.2 Å². The number of pyridine rings is 1. The van der Waals surface area contributed by atoms with E-state index in [1.165, 1.54) is 0 Å². The molecule has 4 heteroatoms. The summed E-state index contributed by atoms with van der Waals surface area (Å²) in [5.74, 6) is 0. The minimum absolute atomic E-state index is 0.382. The lowest BCUT2D eigenvalue weighted by atomic mass is 9.93. The summed E-state index contributed by atoms with van der Waals surface area (Å²) in [5, 5.41) is 10.3. The molecule has 4 nitrogen and oxygen atoms in total. The standard InChI is InChI=1S/C13H21NO3/c1-10-7-11(5-6-14-10)8-13(2,15)9-12(16-3)17-4/h5-7,12,15H,8-9H2,1-4H3. The zero-order valence-corrected chi connectivity index (χ0v) is 10.9. The Balaban J connectivity index is 2.65. The first-order chi connectivity index (χ1) is 7.96. The van der Waals surface area contributed by atoms with Crippen molar-refractivity contribution < 1.29 is 14.6 Å². The van der Waals surface area contributed by atoms with E-state index in [0.717, 1.165) is 11.3 Å². The first-order valence-electron chi connectivity index (χ1n) is 5.66. The van der Waals surface area contributed by atoms with Crippen molar-refractivity contribution in [2.45, 2.75) is 38.6 Å². The monoisotopic (exact) mass is 239 g/mol. The Morgan fingerprint density at radius 3 is 2.59 bits per heavy atom. The van der Waals surface area contributed by atoms with Crippen LogP contribution in [-0.2, 0) is 15.9 Å². The molecule has 1 atom stereocenters. The molecule has 0 saturated carbocycles. The molecule has 0 spiro atoms. The van der Waals surface area contributed by atoms with Crippen molar-refractivity contribution in [1.82, 2.24) is 4.98 Å². The van der Waals surface area contributed by atoms with Crippen molar-refractivity contribution >= 4 is 0 Å². The second-order valence-corrected chi connectivity index (χ2v) is 4.58. The first kappa shape index (κ1) is 14.1. The van der Waals surface area contributed by atoms with E-state index in [0.29, 0.717) is 12.8 Å². The minimum Gasteiger partial charge on any atom is -0.390 e. The molecule has 0 aliphatic heterocycles. The third-order valence-corrected chi connectivity index (χ3v) is 2.68. The first-order valence-corrected chi connectivity index (χ1v) is 5.66. The number of aliphatic hydroxyl groups is 1. The van der Waals surface area contributed by atoms with Crippen molar-refractivity contribution in [3.8, 4) is 0 Å². The predicted octanol–water partition coefficient (Wildman–Crippen LogP) is 1.69. The summed E-state index contributed by atoms with van der Waals surface area (Å²) in [6.07, 6.45) is 2.36. The summed E-state index contributed by atoms with van der Waals surface area (Å²) in [6.45, 7) is 3.72. The second-order valence-electron chi connectivity index (χ2n) is 4.58. The van der Waals surface area contributed by atoms with Crippen molar-refractivity contribution in [3.63, 3.8) is 0 Å². The predicted molar refractivity (Wildman–Crippen MR) is 65.7 cm³/mol. The van der Waals surface area contributed by atoms with Crippen LogP contribution in [0.5, 0.6) is 0 Å². The van der Waals surface area contributed by atoms with Crippen LogP contribution < -0.4 is 0 Å². The van der Waals surface area contributed by atoms with E-state index in [1.54, 1.807) is 27.3 Å². The fourth-order valence-electron chi connectivity index (χ4n) is 1.85. The molecule has 0 fully saturated rings. The highest BCUT2D eigenvalue weighted by atomic mass is 16.7. The molecule has 0 aliphatic carbocycles. The number of hydrogen-bond acceptors (Lipinski definition) is 4. The van der Waals surface area contributed by atoms with Gasteiger partial charge in [-0.15, -0.1) is 0 Å². The van der Waals surface area contributed by atoms with E-state index >= 15 is 0 Å². The Bertz CT molecular complexity index is 348. The zero-order chi connectivity index (χ0) is 12.9. The van der Waals surface area contributed by atoms with Gasteiger partial charge in [0.25, 0.3) is 0 Å². The van der Waals surface area contributed by atoms with E-state index in [-0.39, 0.29) is 6.29 Å². The van der Waals surface area contributed by atoms with Crippen molar-refractivity contribution in [2.24, 2.45) is 0 Å². The molecule has 0 bridgehead atoms. The number of methoxy groups -OCH3 is 2. The Labute approximate surface area is 103 Å². The van der Waals surface area contributed by atoms with Gasteiger partial charge in [-0.2, -0.15) is 0 Å². The average Bonchev–Trinajstić information content (AvgIpc) is 2.25. The van der Waals surface area contributed by atoms with Gasteiger partial charge in [0.15, 0.2) is 6.29 Å². The van der Waals surface area contributed by atoms with Gasteiger partial charge in [0.2, 0.25) is 0 Å². The van der Waals surface area contributed by atoms with Gasteiger partial charge >= 0.3 is 0 Å². The highest BCUT2D eigenvalue weighted by Gasteiger charge is 2.26. The number of nitrogens with zero attached hydrogens (tertiary/aromatic N) is 1. The molecular formula is C13H21NO3. The molecule has 1 aromatic rings. The molecule has 0 aliphatic rings. The minimum atomic E-state index is -0.857. The fraction of sp³-hybridized carbons (Fsp3) is 0.615. The van der Waals surface area contributed by atoms with Crippen LogP contribution in [0, 0.1) is 6.92 Å². The maximum Gasteiger partial charge on any atom is 0.159 e. The molecular weight excluding hydrogens is 218 g/mol. The smallest absolute Gasteiger partial charge is 0.159 e. The lowest BCUT2D eigenvalue weighted by molar-refractivity contribution is -0.139. The number of ether oxygens (including phenoxy) is 2. The van der Waals surface area contributed by atoms with E-state index in [9.17, 15) is 5.11 Å². The molecule has 1 heterocycles. The third-order valence-electron chi connectivity index (χ3n) is 2.68. The number of aromatic nitrogens is 1. The van der Waals surface area contributed by atoms with Crippen LogP contribution in [0.3, 0.4) is 0 Å².